The lowest BCUT2D eigenvalue weighted by molar-refractivity contribution is 0.104. The van der Waals surface area contributed by atoms with Crippen LogP contribution >= 0.6 is 11.6 Å². The SMILES string of the molecule is O=C(/C=C/Cl)c1cccnc1. The summed E-state index contributed by atoms with van der Waals surface area (Å²) in [6, 6.07) is 3.39. The van der Waals surface area contributed by atoms with Gasteiger partial charge in [-0.1, -0.05) is 11.6 Å². The van der Waals surface area contributed by atoms with Crippen LogP contribution in [0.5, 0.6) is 0 Å². The number of nitrogens with zero attached hydrogens (tertiary/aromatic N) is 1. The molecule has 0 fully saturated rings. The molecule has 0 bridgehead atoms. The van der Waals surface area contributed by atoms with Crippen molar-refractivity contribution in [2.75, 3.05) is 0 Å². The van der Waals surface area contributed by atoms with Gasteiger partial charge in [-0.25, -0.2) is 0 Å². The Bertz CT molecular complexity index is 269. The molecule has 0 amide bonds. The van der Waals surface area contributed by atoms with Gasteiger partial charge >= 0.3 is 0 Å². The molecule has 0 aliphatic rings. The number of aromatic nitrogens is 1. The largest absolute Gasteiger partial charge is 0.289 e. The summed E-state index contributed by atoms with van der Waals surface area (Å²) in [6.45, 7) is 0. The van der Waals surface area contributed by atoms with E-state index in [1.807, 2.05) is 0 Å². The second-order valence-corrected chi connectivity index (χ2v) is 2.15. The lowest BCUT2D eigenvalue weighted by atomic mass is 10.2. The normalized spacial score (nSPS) is 10.3. The maximum absolute atomic E-state index is 11.0. The maximum atomic E-state index is 11.0. The van der Waals surface area contributed by atoms with Crippen molar-refractivity contribution in [3.63, 3.8) is 0 Å². The van der Waals surface area contributed by atoms with Crippen molar-refractivity contribution in [1.82, 2.24) is 4.98 Å². The molecule has 0 atom stereocenters. The van der Waals surface area contributed by atoms with Gasteiger partial charge in [-0.15, -0.1) is 0 Å². The number of ketones is 1. The molecule has 1 rings (SSSR count). The molecule has 0 unspecified atom stereocenters. The van der Waals surface area contributed by atoms with Crippen molar-refractivity contribution in [3.8, 4) is 0 Å². The summed E-state index contributed by atoms with van der Waals surface area (Å²) in [4.78, 5) is 14.8. The Morgan fingerprint density at radius 3 is 3.00 bits per heavy atom. The Morgan fingerprint density at radius 1 is 1.64 bits per heavy atom. The van der Waals surface area contributed by atoms with Crippen molar-refractivity contribution in [2.24, 2.45) is 0 Å². The van der Waals surface area contributed by atoms with Crippen LogP contribution < -0.4 is 0 Å². The zero-order valence-corrected chi connectivity index (χ0v) is 6.45. The molecule has 11 heavy (non-hydrogen) atoms. The van der Waals surface area contributed by atoms with Gasteiger partial charge in [-0.2, -0.15) is 0 Å². The molecule has 0 aliphatic carbocycles. The molecule has 0 aliphatic heterocycles. The topological polar surface area (TPSA) is 30.0 Å². The minimum Gasteiger partial charge on any atom is -0.289 e. The molecule has 2 nitrogen and oxygen atoms in total. The number of hydrogen-bond acceptors (Lipinski definition) is 2. The molecule has 1 heterocycles. The Hall–Kier alpha value is -1.15. The van der Waals surface area contributed by atoms with Gasteiger partial charge in [-0.05, 0) is 18.2 Å². The third kappa shape index (κ3) is 2.16. The average molecular weight is 168 g/mol. The van der Waals surface area contributed by atoms with Crippen LogP contribution in [0.15, 0.2) is 36.1 Å². The summed E-state index contributed by atoms with van der Waals surface area (Å²) in [5.41, 5.74) is 1.74. The number of carbonyl (C=O) groups excluding carboxylic acids is 1. The second-order valence-electron chi connectivity index (χ2n) is 1.90. The molecule has 3 heteroatoms. The van der Waals surface area contributed by atoms with Gasteiger partial charge in [0.15, 0.2) is 5.78 Å². The van der Waals surface area contributed by atoms with E-state index in [0.717, 1.165) is 0 Å². The van der Waals surface area contributed by atoms with Crippen molar-refractivity contribution in [1.29, 1.82) is 0 Å². The molecule has 1 aromatic rings. The second kappa shape index (κ2) is 3.88. The highest BCUT2D eigenvalue weighted by atomic mass is 35.5. The lowest BCUT2D eigenvalue weighted by Gasteiger charge is -1.90. The molecule has 0 N–H and O–H groups in total. The molecule has 1 aromatic heterocycles. The number of rotatable bonds is 2. The predicted octanol–water partition coefficient (Wildman–Crippen LogP) is 2.02. The van der Waals surface area contributed by atoms with Crippen LogP contribution in [0.4, 0.5) is 0 Å². The van der Waals surface area contributed by atoms with Crippen LogP contribution in [0.3, 0.4) is 0 Å². The minimum atomic E-state index is -0.131. The molecule has 56 valence electrons. The fraction of sp³-hybridized carbons (Fsp3) is 0. The van der Waals surface area contributed by atoms with Crippen molar-refractivity contribution in [2.45, 2.75) is 0 Å². The number of halogens is 1. The maximum Gasteiger partial charge on any atom is 0.188 e. The summed E-state index contributed by atoms with van der Waals surface area (Å²) >= 11 is 5.22. The third-order valence-electron chi connectivity index (χ3n) is 1.16. The first-order valence-corrected chi connectivity index (χ1v) is 3.49. The summed E-state index contributed by atoms with van der Waals surface area (Å²) in [5.74, 6) is -0.131. The van der Waals surface area contributed by atoms with Gasteiger partial charge < -0.3 is 0 Å². The van der Waals surface area contributed by atoms with Crippen LogP contribution in [0.1, 0.15) is 10.4 Å². The predicted molar refractivity (Wildman–Crippen MR) is 43.6 cm³/mol. The summed E-state index contributed by atoms with van der Waals surface area (Å²) in [7, 11) is 0. The molecule has 0 saturated carbocycles. The first-order chi connectivity index (χ1) is 5.34. The Balaban J connectivity index is 2.86. The first-order valence-electron chi connectivity index (χ1n) is 3.05. The van der Waals surface area contributed by atoms with Gasteiger partial charge in [0.1, 0.15) is 0 Å². The van der Waals surface area contributed by atoms with Crippen LogP contribution in [0, 0.1) is 0 Å². The van der Waals surface area contributed by atoms with E-state index >= 15 is 0 Å². The molecule has 0 saturated heterocycles. The number of hydrogen-bond donors (Lipinski definition) is 0. The number of allylic oxidation sites excluding steroid dienone is 1. The first kappa shape index (κ1) is 7.95. The van der Waals surface area contributed by atoms with E-state index in [1.54, 1.807) is 18.3 Å². The van der Waals surface area contributed by atoms with Crippen LogP contribution in [-0.4, -0.2) is 10.8 Å². The minimum absolute atomic E-state index is 0.131. The standard InChI is InChI=1S/C8H6ClNO/c9-4-3-8(11)7-2-1-5-10-6-7/h1-6H/b4-3+. The van der Waals surface area contributed by atoms with Crippen LogP contribution in [0.2, 0.25) is 0 Å². The van der Waals surface area contributed by atoms with Crippen LogP contribution in [0.25, 0.3) is 0 Å². The van der Waals surface area contributed by atoms with Gasteiger partial charge in [0.25, 0.3) is 0 Å². The summed E-state index contributed by atoms with van der Waals surface area (Å²) in [6.07, 6.45) is 4.40. The van der Waals surface area contributed by atoms with E-state index in [0.29, 0.717) is 5.56 Å². The number of carbonyl (C=O) groups is 1. The third-order valence-corrected chi connectivity index (χ3v) is 1.29. The van der Waals surface area contributed by atoms with Gasteiger partial charge in [-0.3, -0.25) is 9.78 Å². The summed E-state index contributed by atoms with van der Waals surface area (Å²) < 4.78 is 0. The van der Waals surface area contributed by atoms with E-state index in [-0.39, 0.29) is 5.78 Å². The molecule has 0 spiro atoms. The van der Waals surface area contributed by atoms with E-state index in [4.69, 9.17) is 11.6 Å². The van der Waals surface area contributed by atoms with E-state index in [9.17, 15) is 4.79 Å². The van der Waals surface area contributed by atoms with Gasteiger partial charge in [0.2, 0.25) is 0 Å². The fourth-order valence-electron chi connectivity index (χ4n) is 0.662. The highest BCUT2D eigenvalue weighted by Gasteiger charge is 1.98. The van der Waals surface area contributed by atoms with E-state index < -0.39 is 0 Å². The lowest BCUT2D eigenvalue weighted by Crippen LogP contribution is -1.93. The number of pyridine rings is 1. The highest BCUT2D eigenvalue weighted by molar-refractivity contribution is 6.27. The van der Waals surface area contributed by atoms with Gasteiger partial charge in [0, 0.05) is 23.5 Å². The Labute approximate surface area is 69.5 Å². The molecule has 0 radical (unpaired) electrons. The quantitative estimate of drug-likeness (QED) is 0.498. The summed E-state index contributed by atoms with van der Waals surface area (Å²) in [5, 5.41) is 0. The van der Waals surface area contributed by atoms with E-state index in [1.165, 1.54) is 17.8 Å². The highest BCUT2D eigenvalue weighted by Crippen LogP contribution is 1.98. The zero-order chi connectivity index (χ0) is 8.10. The zero-order valence-electron chi connectivity index (χ0n) is 5.70. The molecular weight excluding hydrogens is 162 g/mol. The van der Waals surface area contributed by atoms with Crippen molar-refractivity contribution >= 4 is 17.4 Å². The Morgan fingerprint density at radius 2 is 2.45 bits per heavy atom. The van der Waals surface area contributed by atoms with Crippen molar-refractivity contribution in [3.05, 3.63) is 41.7 Å². The monoisotopic (exact) mass is 167 g/mol. The molecular formula is C8H6ClNO. The fourth-order valence-corrected chi connectivity index (χ4v) is 0.776. The van der Waals surface area contributed by atoms with Crippen molar-refractivity contribution < 1.29 is 4.79 Å². The Kier molecular flexibility index (Phi) is 2.81. The van der Waals surface area contributed by atoms with E-state index in [2.05, 4.69) is 4.98 Å². The smallest absolute Gasteiger partial charge is 0.188 e. The molecule has 0 aromatic carbocycles. The van der Waals surface area contributed by atoms with Crippen LogP contribution in [-0.2, 0) is 0 Å². The average Bonchev–Trinajstić information content (AvgIpc) is 2.07. The van der Waals surface area contributed by atoms with Gasteiger partial charge in [0.05, 0.1) is 0 Å².